The fourth-order valence-electron chi connectivity index (χ4n) is 2.08. The SMILES string of the molecule is C=C/C(=C\C=C(/C)OC)c1sc(CO)nc1-c1ccc(OC)cc1. The molecule has 1 heterocycles. The van der Waals surface area contributed by atoms with Crippen molar-refractivity contribution in [3.8, 4) is 17.0 Å². The summed E-state index contributed by atoms with van der Waals surface area (Å²) in [5.41, 5.74) is 2.71. The third-order valence-electron chi connectivity index (χ3n) is 3.47. The van der Waals surface area contributed by atoms with Gasteiger partial charge < -0.3 is 14.6 Å². The lowest BCUT2D eigenvalue weighted by molar-refractivity contribution is 0.281. The van der Waals surface area contributed by atoms with Crippen LogP contribution in [0.2, 0.25) is 0 Å². The Morgan fingerprint density at radius 3 is 2.50 bits per heavy atom. The predicted molar refractivity (Wildman–Crippen MR) is 99.0 cm³/mol. The average molecular weight is 343 g/mol. The summed E-state index contributed by atoms with van der Waals surface area (Å²) in [5, 5.41) is 10.1. The van der Waals surface area contributed by atoms with Gasteiger partial charge in [-0.25, -0.2) is 4.98 Å². The van der Waals surface area contributed by atoms with Crippen LogP contribution in [0.25, 0.3) is 16.8 Å². The molecule has 0 saturated carbocycles. The van der Waals surface area contributed by atoms with Crippen LogP contribution in [0, 0.1) is 0 Å². The third kappa shape index (κ3) is 4.13. The highest BCUT2D eigenvalue weighted by atomic mass is 32.1. The van der Waals surface area contributed by atoms with E-state index in [4.69, 9.17) is 9.47 Å². The molecule has 0 bridgehead atoms. The molecule has 0 fully saturated rings. The van der Waals surface area contributed by atoms with Crippen LogP contribution in [0.15, 0.2) is 54.8 Å². The Kier molecular flexibility index (Phi) is 6.35. The summed E-state index contributed by atoms with van der Waals surface area (Å²) in [6.07, 6.45) is 5.60. The second-order valence-electron chi connectivity index (χ2n) is 4.98. The van der Waals surface area contributed by atoms with E-state index >= 15 is 0 Å². The van der Waals surface area contributed by atoms with Gasteiger partial charge in [0, 0.05) is 5.56 Å². The van der Waals surface area contributed by atoms with E-state index in [9.17, 15) is 5.11 Å². The number of hydrogen-bond acceptors (Lipinski definition) is 5. The number of thiazole rings is 1. The molecule has 0 aliphatic heterocycles. The molecule has 0 saturated heterocycles. The second-order valence-corrected chi connectivity index (χ2v) is 6.06. The smallest absolute Gasteiger partial charge is 0.119 e. The molecule has 1 N–H and O–H groups in total. The largest absolute Gasteiger partial charge is 0.501 e. The Morgan fingerprint density at radius 2 is 1.96 bits per heavy atom. The van der Waals surface area contributed by atoms with Crippen molar-refractivity contribution < 1.29 is 14.6 Å². The average Bonchev–Trinajstić information content (AvgIpc) is 3.06. The zero-order chi connectivity index (χ0) is 17.5. The van der Waals surface area contributed by atoms with E-state index in [2.05, 4.69) is 11.6 Å². The van der Waals surface area contributed by atoms with Gasteiger partial charge in [-0.3, -0.25) is 0 Å². The fraction of sp³-hybridized carbons (Fsp3) is 0.211. The first-order valence-electron chi connectivity index (χ1n) is 7.43. The van der Waals surface area contributed by atoms with Crippen LogP contribution in [-0.2, 0) is 11.3 Å². The molecule has 1 aromatic carbocycles. The number of nitrogens with zero attached hydrogens (tertiary/aromatic N) is 1. The standard InChI is InChI=1S/C19H21NO3S/c1-5-14(7-6-13(2)22-3)19-18(20-17(12-21)24-19)15-8-10-16(23-4)11-9-15/h5-11,21H,1,12H2,2-4H3/b13-6+,14-7+. The van der Waals surface area contributed by atoms with E-state index < -0.39 is 0 Å². The highest BCUT2D eigenvalue weighted by molar-refractivity contribution is 7.13. The van der Waals surface area contributed by atoms with Crippen LogP contribution in [0.4, 0.5) is 0 Å². The quantitative estimate of drug-likeness (QED) is 0.597. The van der Waals surface area contributed by atoms with Gasteiger partial charge in [0.1, 0.15) is 10.8 Å². The minimum absolute atomic E-state index is 0.0921. The van der Waals surface area contributed by atoms with Crippen molar-refractivity contribution in [2.45, 2.75) is 13.5 Å². The van der Waals surface area contributed by atoms with Gasteiger partial charge in [0.15, 0.2) is 0 Å². The molecule has 0 aliphatic carbocycles. The molecule has 0 radical (unpaired) electrons. The van der Waals surface area contributed by atoms with Crippen LogP contribution in [0.3, 0.4) is 0 Å². The zero-order valence-electron chi connectivity index (χ0n) is 14.1. The predicted octanol–water partition coefficient (Wildman–Crippen LogP) is 4.43. The van der Waals surface area contributed by atoms with Crippen molar-refractivity contribution in [1.29, 1.82) is 0 Å². The molecule has 0 amide bonds. The summed E-state index contributed by atoms with van der Waals surface area (Å²) in [5.74, 6) is 1.59. The lowest BCUT2D eigenvalue weighted by atomic mass is 10.1. The molecule has 1 aromatic heterocycles. The third-order valence-corrected chi connectivity index (χ3v) is 4.56. The number of benzene rings is 1. The summed E-state index contributed by atoms with van der Waals surface area (Å²) in [6, 6.07) is 7.69. The number of rotatable bonds is 7. The minimum atomic E-state index is -0.0921. The first-order chi connectivity index (χ1) is 11.6. The van der Waals surface area contributed by atoms with E-state index in [-0.39, 0.29) is 6.61 Å². The first kappa shape index (κ1) is 18.0. The van der Waals surface area contributed by atoms with E-state index in [1.807, 2.05) is 43.3 Å². The Hall–Kier alpha value is -2.37. The molecular formula is C19H21NO3S. The van der Waals surface area contributed by atoms with Crippen molar-refractivity contribution in [2.75, 3.05) is 14.2 Å². The molecule has 0 unspecified atom stereocenters. The maximum Gasteiger partial charge on any atom is 0.119 e. The van der Waals surface area contributed by atoms with Gasteiger partial charge in [0.2, 0.25) is 0 Å². The van der Waals surface area contributed by atoms with Gasteiger partial charge in [-0.05, 0) is 42.8 Å². The van der Waals surface area contributed by atoms with E-state index in [0.29, 0.717) is 5.01 Å². The number of aromatic nitrogens is 1. The highest BCUT2D eigenvalue weighted by Gasteiger charge is 2.15. The number of hydrogen-bond donors (Lipinski definition) is 1. The topological polar surface area (TPSA) is 51.6 Å². The monoisotopic (exact) mass is 343 g/mol. The summed E-state index contributed by atoms with van der Waals surface area (Å²) >= 11 is 1.45. The van der Waals surface area contributed by atoms with Crippen LogP contribution in [0.5, 0.6) is 5.75 Å². The maximum atomic E-state index is 9.47. The second kappa shape index (κ2) is 8.47. The van der Waals surface area contributed by atoms with Gasteiger partial charge in [-0.2, -0.15) is 0 Å². The van der Waals surface area contributed by atoms with Crippen molar-refractivity contribution in [2.24, 2.45) is 0 Å². The van der Waals surface area contributed by atoms with Crippen LogP contribution in [0.1, 0.15) is 16.8 Å². The Bertz CT molecular complexity index is 757. The normalized spacial score (nSPS) is 12.2. The van der Waals surface area contributed by atoms with Gasteiger partial charge >= 0.3 is 0 Å². The summed E-state index contributed by atoms with van der Waals surface area (Å²) in [4.78, 5) is 5.52. The zero-order valence-corrected chi connectivity index (χ0v) is 14.9. The van der Waals surface area contributed by atoms with Crippen molar-refractivity contribution in [1.82, 2.24) is 4.98 Å². The first-order valence-corrected chi connectivity index (χ1v) is 8.25. The van der Waals surface area contributed by atoms with Crippen LogP contribution < -0.4 is 4.74 Å². The van der Waals surface area contributed by atoms with E-state index in [1.54, 1.807) is 20.3 Å². The molecule has 0 atom stereocenters. The van der Waals surface area contributed by atoms with Gasteiger partial charge in [0.05, 0.1) is 37.2 Å². The van der Waals surface area contributed by atoms with Crippen LogP contribution in [-0.4, -0.2) is 24.3 Å². The number of ether oxygens (including phenoxy) is 2. The Labute approximate surface area is 146 Å². The lowest BCUT2D eigenvalue weighted by Crippen LogP contribution is -1.87. The molecule has 5 heteroatoms. The molecule has 0 spiro atoms. The van der Waals surface area contributed by atoms with Crippen molar-refractivity contribution in [3.63, 3.8) is 0 Å². The number of allylic oxidation sites excluding steroid dienone is 5. The van der Waals surface area contributed by atoms with E-state index in [1.165, 1.54) is 11.3 Å². The van der Waals surface area contributed by atoms with E-state index in [0.717, 1.165) is 33.2 Å². The molecular weight excluding hydrogens is 322 g/mol. The van der Waals surface area contributed by atoms with Gasteiger partial charge in [0.25, 0.3) is 0 Å². The number of aliphatic hydroxyl groups is 1. The molecule has 126 valence electrons. The number of aliphatic hydroxyl groups excluding tert-OH is 1. The minimum Gasteiger partial charge on any atom is -0.501 e. The van der Waals surface area contributed by atoms with Gasteiger partial charge in [-0.15, -0.1) is 11.3 Å². The lowest BCUT2D eigenvalue weighted by Gasteiger charge is -2.05. The number of methoxy groups -OCH3 is 2. The summed E-state index contributed by atoms with van der Waals surface area (Å²) in [6.45, 7) is 5.69. The maximum absolute atomic E-state index is 9.47. The molecule has 2 aromatic rings. The summed E-state index contributed by atoms with van der Waals surface area (Å²) < 4.78 is 10.4. The Morgan fingerprint density at radius 1 is 1.25 bits per heavy atom. The van der Waals surface area contributed by atoms with Gasteiger partial charge in [-0.1, -0.05) is 18.7 Å². The van der Waals surface area contributed by atoms with Crippen molar-refractivity contribution in [3.05, 3.63) is 64.7 Å². The fourth-order valence-corrected chi connectivity index (χ4v) is 3.05. The molecule has 4 nitrogen and oxygen atoms in total. The summed E-state index contributed by atoms with van der Waals surface area (Å²) in [7, 11) is 3.27. The highest BCUT2D eigenvalue weighted by Crippen LogP contribution is 2.35. The molecule has 24 heavy (non-hydrogen) atoms. The molecule has 0 aliphatic rings. The Balaban J connectivity index is 2.52. The van der Waals surface area contributed by atoms with Crippen LogP contribution >= 0.6 is 11.3 Å². The molecule has 2 rings (SSSR count). The van der Waals surface area contributed by atoms with Crippen molar-refractivity contribution >= 4 is 16.9 Å².